The molecule has 1 nitrogen and oxygen atoms in total. The molecule has 0 amide bonds. The maximum Gasteiger partial charge on any atom is 0.0708 e. The summed E-state index contributed by atoms with van der Waals surface area (Å²) in [5.74, 6) is 0.822. The molecule has 0 saturated heterocycles. The molecule has 1 saturated carbocycles. The molecule has 1 heteroatoms. The van der Waals surface area contributed by atoms with Crippen molar-refractivity contribution >= 4 is 6.08 Å². The molecule has 1 aromatic carbocycles. The number of rotatable bonds is 2. The Morgan fingerprint density at radius 2 is 1.81 bits per heavy atom. The number of nitrogens with zero attached hydrogens (tertiary/aromatic N) is 1. The highest BCUT2D eigenvalue weighted by Crippen LogP contribution is 2.39. The second-order valence-corrected chi connectivity index (χ2v) is 6.32. The number of hydrogen-bond acceptors (Lipinski definition) is 1. The lowest BCUT2D eigenvalue weighted by atomic mass is 9.83. The van der Waals surface area contributed by atoms with Gasteiger partial charge in [0.2, 0.25) is 0 Å². The van der Waals surface area contributed by atoms with Gasteiger partial charge in [0, 0.05) is 11.8 Å². The van der Waals surface area contributed by atoms with E-state index in [1.54, 1.807) is 5.57 Å². The molecule has 0 atom stereocenters. The van der Waals surface area contributed by atoms with Crippen molar-refractivity contribution in [3.8, 4) is 11.3 Å². The van der Waals surface area contributed by atoms with Crippen molar-refractivity contribution < 1.29 is 0 Å². The highest BCUT2D eigenvalue weighted by Gasteiger charge is 2.24. The van der Waals surface area contributed by atoms with Crippen molar-refractivity contribution in [3.63, 3.8) is 0 Å². The summed E-state index contributed by atoms with van der Waals surface area (Å²) in [4.78, 5) is 4.53. The maximum atomic E-state index is 4.53. The third-order valence-corrected chi connectivity index (χ3v) is 4.99. The number of aromatic nitrogens is 1. The molecule has 0 spiro atoms. The Morgan fingerprint density at radius 1 is 0.905 bits per heavy atom. The van der Waals surface area contributed by atoms with Gasteiger partial charge in [0.05, 0.1) is 5.69 Å². The van der Waals surface area contributed by atoms with Gasteiger partial charge in [-0.05, 0) is 48.4 Å². The van der Waals surface area contributed by atoms with E-state index in [4.69, 9.17) is 0 Å². The van der Waals surface area contributed by atoms with Crippen LogP contribution in [0.25, 0.3) is 17.3 Å². The molecular weight excluding hydrogens is 254 g/mol. The fraction of sp³-hybridized carbons (Fsp3) is 0.350. The molecule has 2 aromatic rings. The summed E-state index contributed by atoms with van der Waals surface area (Å²) in [7, 11) is 0. The molecule has 4 rings (SSSR count). The monoisotopic (exact) mass is 275 g/mol. The van der Waals surface area contributed by atoms with E-state index in [1.165, 1.54) is 48.8 Å². The van der Waals surface area contributed by atoms with Gasteiger partial charge in [-0.3, -0.25) is 4.98 Å². The van der Waals surface area contributed by atoms with Gasteiger partial charge in [-0.1, -0.05) is 55.2 Å². The Labute approximate surface area is 126 Å². The van der Waals surface area contributed by atoms with Gasteiger partial charge in [0.25, 0.3) is 0 Å². The molecule has 0 radical (unpaired) electrons. The van der Waals surface area contributed by atoms with Gasteiger partial charge in [0.1, 0.15) is 0 Å². The minimum atomic E-state index is 0.822. The van der Waals surface area contributed by atoms with E-state index in [1.807, 2.05) is 12.3 Å². The van der Waals surface area contributed by atoms with Crippen LogP contribution in [0.1, 0.15) is 43.2 Å². The second-order valence-electron chi connectivity index (χ2n) is 6.32. The van der Waals surface area contributed by atoms with Crippen LogP contribution in [0.15, 0.2) is 48.2 Å². The van der Waals surface area contributed by atoms with Crippen LogP contribution in [-0.2, 0) is 6.42 Å². The fourth-order valence-electron chi connectivity index (χ4n) is 3.87. The minimum Gasteiger partial charge on any atom is -0.256 e. The topological polar surface area (TPSA) is 12.9 Å². The first-order valence-electron chi connectivity index (χ1n) is 8.15. The summed E-state index contributed by atoms with van der Waals surface area (Å²) in [6.07, 6.45) is 12.5. The van der Waals surface area contributed by atoms with Crippen LogP contribution < -0.4 is 0 Å². The Hall–Kier alpha value is -1.89. The van der Waals surface area contributed by atoms with Crippen LogP contribution in [0.4, 0.5) is 0 Å². The van der Waals surface area contributed by atoms with Gasteiger partial charge in [-0.15, -0.1) is 0 Å². The van der Waals surface area contributed by atoms with Gasteiger partial charge in [0.15, 0.2) is 0 Å². The highest BCUT2D eigenvalue weighted by molar-refractivity contribution is 5.79. The Kier molecular flexibility index (Phi) is 3.34. The molecule has 0 bridgehead atoms. The van der Waals surface area contributed by atoms with Crippen LogP contribution >= 0.6 is 0 Å². The Bertz CT molecular complexity index is 663. The van der Waals surface area contributed by atoms with E-state index in [0.29, 0.717) is 0 Å². The molecule has 1 aromatic heterocycles. The Balaban J connectivity index is 1.71. The molecule has 2 aliphatic rings. The normalized spacial score (nSPS) is 18.4. The summed E-state index contributed by atoms with van der Waals surface area (Å²) in [6.45, 7) is 0. The lowest BCUT2D eigenvalue weighted by Gasteiger charge is -2.22. The summed E-state index contributed by atoms with van der Waals surface area (Å²) in [6, 6.07) is 12.8. The summed E-state index contributed by atoms with van der Waals surface area (Å²) >= 11 is 0. The van der Waals surface area contributed by atoms with Crippen molar-refractivity contribution in [2.45, 2.75) is 38.5 Å². The highest BCUT2D eigenvalue weighted by atomic mass is 14.7. The molecule has 0 N–H and O–H groups in total. The van der Waals surface area contributed by atoms with E-state index in [0.717, 1.165) is 18.0 Å². The van der Waals surface area contributed by atoms with Crippen molar-refractivity contribution in [3.05, 3.63) is 59.3 Å². The van der Waals surface area contributed by atoms with E-state index >= 15 is 0 Å². The average Bonchev–Trinajstić information content (AvgIpc) is 3.00. The molecule has 1 heterocycles. The lowest BCUT2D eigenvalue weighted by Crippen LogP contribution is -2.08. The number of benzene rings is 1. The largest absolute Gasteiger partial charge is 0.256 e. The Morgan fingerprint density at radius 3 is 2.62 bits per heavy atom. The third kappa shape index (κ3) is 2.42. The van der Waals surface area contributed by atoms with Gasteiger partial charge in [-0.25, -0.2) is 0 Å². The van der Waals surface area contributed by atoms with Gasteiger partial charge < -0.3 is 0 Å². The quantitative estimate of drug-likeness (QED) is 0.727. The van der Waals surface area contributed by atoms with E-state index in [2.05, 4.69) is 41.4 Å². The number of pyridine rings is 1. The van der Waals surface area contributed by atoms with Crippen molar-refractivity contribution in [2.75, 3.05) is 0 Å². The standard InChI is InChI=1S/C20H21N/c1-2-7-15(8-3-1)17-13-16-9-6-10-18(19(16)14-17)20-11-4-5-12-21-20/h4-6,9-12,14-15H,1-3,7-8,13H2. The molecule has 21 heavy (non-hydrogen) atoms. The predicted octanol–water partition coefficient (Wildman–Crippen LogP) is 5.27. The molecular formula is C20H21N. The van der Waals surface area contributed by atoms with Crippen molar-refractivity contribution in [1.82, 2.24) is 4.98 Å². The first-order valence-corrected chi connectivity index (χ1v) is 8.15. The summed E-state index contributed by atoms with van der Waals surface area (Å²) in [5.41, 5.74) is 6.94. The third-order valence-electron chi connectivity index (χ3n) is 4.99. The van der Waals surface area contributed by atoms with Crippen LogP contribution in [0.3, 0.4) is 0 Å². The second kappa shape index (κ2) is 5.48. The van der Waals surface area contributed by atoms with Gasteiger partial charge >= 0.3 is 0 Å². The first kappa shape index (κ1) is 12.8. The van der Waals surface area contributed by atoms with E-state index in [-0.39, 0.29) is 0 Å². The van der Waals surface area contributed by atoms with E-state index in [9.17, 15) is 0 Å². The number of fused-ring (bicyclic) bond motifs is 1. The number of allylic oxidation sites excluding steroid dienone is 1. The zero-order valence-electron chi connectivity index (χ0n) is 12.4. The zero-order valence-corrected chi connectivity index (χ0v) is 12.4. The lowest BCUT2D eigenvalue weighted by molar-refractivity contribution is 0.401. The van der Waals surface area contributed by atoms with Gasteiger partial charge in [-0.2, -0.15) is 0 Å². The van der Waals surface area contributed by atoms with Crippen LogP contribution in [-0.4, -0.2) is 4.98 Å². The smallest absolute Gasteiger partial charge is 0.0708 e. The van der Waals surface area contributed by atoms with E-state index < -0.39 is 0 Å². The van der Waals surface area contributed by atoms with Crippen LogP contribution in [0.2, 0.25) is 0 Å². The summed E-state index contributed by atoms with van der Waals surface area (Å²) < 4.78 is 0. The van der Waals surface area contributed by atoms with Crippen LogP contribution in [0, 0.1) is 5.92 Å². The number of hydrogen-bond donors (Lipinski definition) is 0. The average molecular weight is 275 g/mol. The zero-order chi connectivity index (χ0) is 14.1. The predicted molar refractivity (Wildman–Crippen MR) is 87.9 cm³/mol. The molecule has 2 aliphatic carbocycles. The molecule has 0 aliphatic heterocycles. The van der Waals surface area contributed by atoms with Crippen molar-refractivity contribution in [1.29, 1.82) is 0 Å². The minimum absolute atomic E-state index is 0.822. The summed E-state index contributed by atoms with van der Waals surface area (Å²) in [5, 5.41) is 0. The maximum absolute atomic E-state index is 4.53. The molecule has 1 fully saturated rings. The first-order chi connectivity index (χ1) is 10.4. The fourth-order valence-corrected chi connectivity index (χ4v) is 3.87. The SMILES string of the molecule is C1=C(C2CCCCC2)Cc2cccc(-c3ccccn3)c21. The molecule has 0 unspecified atom stereocenters. The molecule has 106 valence electrons. The van der Waals surface area contributed by atoms with Crippen LogP contribution in [0.5, 0.6) is 0 Å². The van der Waals surface area contributed by atoms with Crippen molar-refractivity contribution in [2.24, 2.45) is 5.92 Å².